The number of thioether (sulfide) groups is 1. The van der Waals surface area contributed by atoms with Gasteiger partial charge < -0.3 is 15.0 Å². The predicted octanol–water partition coefficient (Wildman–Crippen LogP) is 1.14. The van der Waals surface area contributed by atoms with Gasteiger partial charge in [0.05, 0.1) is 17.9 Å². The maximum Gasteiger partial charge on any atom is 0.307 e. The number of nitrogens with zero attached hydrogens (tertiary/aromatic N) is 1. The summed E-state index contributed by atoms with van der Waals surface area (Å²) in [6.07, 6.45) is 0.849. The molecule has 2 amide bonds. The molecule has 1 fully saturated rings. The summed E-state index contributed by atoms with van der Waals surface area (Å²) < 4.78 is 4.41. The molecular weight excluding hydrogens is 292 g/mol. The van der Waals surface area contributed by atoms with E-state index in [1.165, 1.54) is 4.90 Å². The molecule has 21 heavy (non-hydrogen) atoms. The molecular formula is C14H24N2O4S. The van der Waals surface area contributed by atoms with Gasteiger partial charge in [0.1, 0.15) is 6.04 Å². The first-order chi connectivity index (χ1) is 9.65. The van der Waals surface area contributed by atoms with Crippen LogP contribution in [0.1, 0.15) is 41.0 Å². The molecule has 0 unspecified atom stereocenters. The summed E-state index contributed by atoms with van der Waals surface area (Å²) in [5, 5.41) is 2.72. The SMILES string of the molecule is CCOC(=O)CCNC(=O)[C@@H]1N(C=O)C(C)(C)SC1(C)C. The van der Waals surface area contributed by atoms with Crippen molar-refractivity contribution in [1.82, 2.24) is 10.2 Å². The van der Waals surface area contributed by atoms with E-state index < -0.39 is 15.7 Å². The van der Waals surface area contributed by atoms with Crippen LogP contribution >= 0.6 is 11.8 Å². The van der Waals surface area contributed by atoms with Crippen molar-refractivity contribution in [2.75, 3.05) is 13.2 Å². The normalized spacial score (nSPS) is 22.7. The fraction of sp³-hybridized carbons (Fsp3) is 0.786. The molecule has 1 aliphatic rings. The molecule has 0 aromatic carbocycles. The highest BCUT2D eigenvalue weighted by Crippen LogP contribution is 2.50. The number of ether oxygens (including phenoxy) is 1. The Morgan fingerprint density at radius 2 is 1.95 bits per heavy atom. The van der Waals surface area contributed by atoms with Crippen LogP contribution in [0.2, 0.25) is 0 Å². The van der Waals surface area contributed by atoms with E-state index in [0.29, 0.717) is 6.61 Å². The first kappa shape index (κ1) is 17.8. The lowest BCUT2D eigenvalue weighted by molar-refractivity contribution is -0.143. The third-order valence-corrected chi connectivity index (χ3v) is 4.83. The van der Waals surface area contributed by atoms with Crippen molar-refractivity contribution in [2.24, 2.45) is 0 Å². The van der Waals surface area contributed by atoms with Gasteiger partial charge in [-0.3, -0.25) is 14.4 Å². The monoisotopic (exact) mass is 316 g/mol. The van der Waals surface area contributed by atoms with Crippen LogP contribution in [0.3, 0.4) is 0 Å². The molecule has 1 atom stereocenters. The zero-order chi connectivity index (χ0) is 16.3. The fourth-order valence-electron chi connectivity index (χ4n) is 2.65. The lowest BCUT2D eigenvalue weighted by Crippen LogP contribution is -2.54. The molecule has 120 valence electrons. The second kappa shape index (κ2) is 6.68. The number of amides is 2. The van der Waals surface area contributed by atoms with Crippen LogP contribution in [0.15, 0.2) is 0 Å². The van der Waals surface area contributed by atoms with Gasteiger partial charge in [0, 0.05) is 11.3 Å². The number of hydrogen-bond donors (Lipinski definition) is 1. The highest BCUT2D eigenvalue weighted by molar-refractivity contribution is 8.02. The highest BCUT2D eigenvalue weighted by atomic mass is 32.2. The van der Waals surface area contributed by atoms with E-state index in [9.17, 15) is 14.4 Å². The summed E-state index contributed by atoms with van der Waals surface area (Å²) in [7, 11) is 0. The summed E-state index contributed by atoms with van der Waals surface area (Å²) in [4.78, 5) is 36.1. The molecule has 7 heteroatoms. The Morgan fingerprint density at radius 3 is 2.48 bits per heavy atom. The largest absolute Gasteiger partial charge is 0.466 e. The zero-order valence-electron chi connectivity index (χ0n) is 13.3. The molecule has 0 radical (unpaired) electrons. The first-order valence-electron chi connectivity index (χ1n) is 7.03. The van der Waals surface area contributed by atoms with Gasteiger partial charge in [-0.2, -0.15) is 0 Å². The van der Waals surface area contributed by atoms with E-state index >= 15 is 0 Å². The van der Waals surface area contributed by atoms with Crippen LogP contribution in [0, 0.1) is 0 Å². The Labute approximate surface area is 130 Å². The van der Waals surface area contributed by atoms with Crippen molar-refractivity contribution < 1.29 is 19.1 Å². The van der Waals surface area contributed by atoms with Gasteiger partial charge in [-0.15, -0.1) is 11.8 Å². The van der Waals surface area contributed by atoms with E-state index in [-0.39, 0.29) is 24.8 Å². The number of nitrogens with one attached hydrogen (secondary N) is 1. The second-order valence-corrected chi connectivity index (χ2v) is 8.17. The number of carbonyl (C=O) groups is 3. The van der Waals surface area contributed by atoms with Gasteiger partial charge in [-0.05, 0) is 34.6 Å². The zero-order valence-corrected chi connectivity index (χ0v) is 14.1. The Hall–Kier alpha value is -1.24. The van der Waals surface area contributed by atoms with Crippen molar-refractivity contribution >= 4 is 30.0 Å². The van der Waals surface area contributed by atoms with Crippen LogP contribution in [0.25, 0.3) is 0 Å². The summed E-state index contributed by atoms with van der Waals surface area (Å²) in [5.74, 6) is -0.583. The smallest absolute Gasteiger partial charge is 0.307 e. The molecule has 0 aliphatic carbocycles. The average Bonchev–Trinajstić information content (AvgIpc) is 2.52. The fourth-order valence-corrected chi connectivity index (χ4v) is 4.52. The Morgan fingerprint density at radius 1 is 1.33 bits per heavy atom. The molecule has 0 saturated carbocycles. The Bertz CT molecular complexity index is 423. The third-order valence-electron chi connectivity index (χ3n) is 3.37. The molecule has 1 aliphatic heterocycles. The summed E-state index contributed by atoms with van der Waals surface area (Å²) in [6, 6.07) is -0.558. The molecule has 1 N–H and O–H groups in total. The second-order valence-electron chi connectivity index (χ2n) is 5.91. The van der Waals surface area contributed by atoms with Gasteiger partial charge >= 0.3 is 5.97 Å². The predicted molar refractivity (Wildman–Crippen MR) is 81.7 cm³/mol. The quantitative estimate of drug-likeness (QED) is 0.587. The van der Waals surface area contributed by atoms with Crippen molar-refractivity contribution in [2.45, 2.75) is 56.7 Å². The number of hydrogen-bond acceptors (Lipinski definition) is 5. The maximum atomic E-state index is 12.4. The minimum Gasteiger partial charge on any atom is -0.466 e. The van der Waals surface area contributed by atoms with Gasteiger partial charge in [-0.1, -0.05) is 0 Å². The van der Waals surface area contributed by atoms with E-state index in [1.807, 2.05) is 27.7 Å². The molecule has 0 aromatic heterocycles. The van der Waals surface area contributed by atoms with Crippen LogP contribution < -0.4 is 5.32 Å². The average molecular weight is 316 g/mol. The van der Waals surface area contributed by atoms with Crippen LogP contribution in [-0.2, 0) is 19.1 Å². The van der Waals surface area contributed by atoms with Gasteiger partial charge in [0.2, 0.25) is 12.3 Å². The molecule has 1 rings (SSSR count). The number of carbonyl (C=O) groups excluding carboxylic acids is 3. The molecule has 1 saturated heterocycles. The van der Waals surface area contributed by atoms with Crippen molar-refractivity contribution in [3.05, 3.63) is 0 Å². The Balaban J connectivity index is 2.67. The van der Waals surface area contributed by atoms with E-state index in [0.717, 1.165) is 6.41 Å². The van der Waals surface area contributed by atoms with Crippen LogP contribution in [0.4, 0.5) is 0 Å². The van der Waals surface area contributed by atoms with Crippen LogP contribution in [-0.4, -0.2) is 52.0 Å². The summed E-state index contributed by atoms with van der Waals surface area (Å²) in [5.41, 5.74) is 0. The summed E-state index contributed by atoms with van der Waals surface area (Å²) >= 11 is 1.58. The molecule has 0 bridgehead atoms. The minimum absolute atomic E-state index is 0.129. The number of esters is 1. The molecule has 1 heterocycles. The topological polar surface area (TPSA) is 75.7 Å². The lowest BCUT2D eigenvalue weighted by atomic mass is 10.00. The first-order valence-corrected chi connectivity index (χ1v) is 7.84. The van der Waals surface area contributed by atoms with Gasteiger partial charge in [0.15, 0.2) is 0 Å². The van der Waals surface area contributed by atoms with Gasteiger partial charge in [-0.25, -0.2) is 0 Å². The molecule has 6 nitrogen and oxygen atoms in total. The highest BCUT2D eigenvalue weighted by Gasteiger charge is 2.54. The molecule has 0 spiro atoms. The van der Waals surface area contributed by atoms with Gasteiger partial charge in [0.25, 0.3) is 0 Å². The standard InChI is InChI=1S/C14H24N2O4S/c1-6-20-10(18)7-8-15-12(19)11-13(2,3)21-14(4,5)16(11)9-17/h9,11H,6-8H2,1-5H3,(H,15,19)/t11-/m0/s1. The van der Waals surface area contributed by atoms with E-state index in [4.69, 9.17) is 4.74 Å². The maximum absolute atomic E-state index is 12.4. The minimum atomic E-state index is -0.558. The van der Waals surface area contributed by atoms with Crippen molar-refractivity contribution in [3.8, 4) is 0 Å². The third kappa shape index (κ3) is 4.12. The van der Waals surface area contributed by atoms with Crippen molar-refractivity contribution in [1.29, 1.82) is 0 Å². The summed E-state index contributed by atoms with van der Waals surface area (Å²) in [6.45, 7) is 9.99. The van der Waals surface area contributed by atoms with E-state index in [2.05, 4.69) is 5.32 Å². The van der Waals surface area contributed by atoms with Crippen molar-refractivity contribution in [3.63, 3.8) is 0 Å². The number of rotatable bonds is 6. The van der Waals surface area contributed by atoms with E-state index in [1.54, 1.807) is 18.7 Å². The Kier molecular flexibility index (Phi) is 5.67. The molecule has 0 aromatic rings. The lowest BCUT2D eigenvalue weighted by Gasteiger charge is -2.31. The van der Waals surface area contributed by atoms with Crippen LogP contribution in [0.5, 0.6) is 0 Å².